The Morgan fingerprint density at radius 2 is 1.67 bits per heavy atom. The first-order valence-electron chi connectivity index (χ1n) is 9.10. The first-order chi connectivity index (χ1) is 14.4. The van der Waals surface area contributed by atoms with Gasteiger partial charge in [-0.2, -0.15) is 0 Å². The van der Waals surface area contributed by atoms with Gasteiger partial charge >= 0.3 is 0 Å². The Hall–Kier alpha value is -3.71. The zero-order valence-electron chi connectivity index (χ0n) is 15.9. The number of fused-ring (bicyclic) bond motifs is 1. The number of phenols is 1. The van der Waals surface area contributed by atoms with Crippen LogP contribution in [-0.2, 0) is 0 Å². The summed E-state index contributed by atoms with van der Waals surface area (Å²) in [4.78, 5) is 26.0. The van der Waals surface area contributed by atoms with Gasteiger partial charge in [0.1, 0.15) is 11.6 Å². The summed E-state index contributed by atoms with van der Waals surface area (Å²) < 4.78 is 14.0. The Labute approximate surface area is 175 Å². The van der Waals surface area contributed by atoms with Gasteiger partial charge in [-0.15, -0.1) is 11.3 Å². The Bertz CT molecular complexity index is 1270. The lowest BCUT2D eigenvalue weighted by Gasteiger charge is -2.12. The van der Waals surface area contributed by atoms with Crippen molar-refractivity contribution in [2.24, 2.45) is 0 Å². The van der Waals surface area contributed by atoms with E-state index in [2.05, 4.69) is 10.6 Å². The van der Waals surface area contributed by atoms with E-state index in [1.165, 1.54) is 35.6 Å². The summed E-state index contributed by atoms with van der Waals surface area (Å²) in [5.41, 5.74) is 1.97. The van der Waals surface area contributed by atoms with Crippen LogP contribution in [-0.4, -0.2) is 16.9 Å². The lowest BCUT2D eigenvalue weighted by Crippen LogP contribution is -2.18. The molecule has 0 saturated carbocycles. The summed E-state index contributed by atoms with van der Waals surface area (Å²) in [6.07, 6.45) is 0. The SMILES string of the molecule is Cc1ccc(NC(=O)c2cc3cc(O)ccc3s2)c(C(=O)Nc2ccc(F)cc2)c1. The molecule has 1 heterocycles. The molecule has 2 amide bonds. The minimum Gasteiger partial charge on any atom is -0.508 e. The van der Waals surface area contributed by atoms with E-state index >= 15 is 0 Å². The summed E-state index contributed by atoms with van der Waals surface area (Å²) in [6.45, 7) is 1.85. The first kappa shape index (κ1) is 19.6. The predicted octanol–water partition coefficient (Wildman–Crippen LogP) is 5.56. The van der Waals surface area contributed by atoms with Gasteiger partial charge in [-0.25, -0.2) is 4.39 Å². The number of amides is 2. The molecule has 0 spiro atoms. The standard InChI is InChI=1S/C23H17FN2O3S/c1-13-2-8-19(18(10-13)22(28)25-16-5-3-15(24)4-6-16)26-23(29)21-12-14-11-17(27)7-9-20(14)30-21/h2-12,27H,1H3,(H,25,28)(H,26,29). The summed E-state index contributed by atoms with van der Waals surface area (Å²) in [7, 11) is 0. The molecule has 0 aliphatic heterocycles. The second kappa shape index (κ2) is 7.96. The van der Waals surface area contributed by atoms with Crippen molar-refractivity contribution < 1.29 is 19.1 Å². The monoisotopic (exact) mass is 420 g/mol. The fraction of sp³-hybridized carbons (Fsp3) is 0.0435. The Kier molecular flexibility index (Phi) is 5.20. The molecule has 0 saturated heterocycles. The lowest BCUT2D eigenvalue weighted by molar-refractivity contribution is 0.102. The zero-order valence-corrected chi connectivity index (χ0v) is 16.7. The molecule has 1 aromatic heterocycles. The predicted molar refractivity (Wildman–Crippen MR) is 117 cm³/mol. The highest BCUT2D eigenvalue weighted by molar-refractivity contribution is 7.20. The second-order valence-corrected chi connectivity index (χ2v) is 7.88. The van der Waals surface area contributed by atoms with Gasteiger partial charge in [-0.05, 0) is 73.0 Å². The molecule has 0 bridgehead atoms. The van der Waals surface area contributed by atoms with Crippen LogP contribution in [0.4, 0.5) is 15.8 Å². The molecule has 0 aliphatic rings. The highest BCUT2D eigenvalue weighted by atomic mass is 32.1. The largest absolute Gasteiger partial charge is 0.508 e. The number of hydrogen-bond donors (Lipinski definition) is 3. The number of carbonyl (C=O) groups excluding carboxylic acids is 2. The van der Waals surface area contributed by atoms with Crippen LogP contribution in [0.3, 0.4) is 0 Å². The summed E-state index contributed by atoms with van der Waals surface area (Å²) in [5.74, 6) is -1.03. The van der Waals surface area contributed by atoms with Gasteiger partial charge in [-0.1, -0.05) is 11.6 Å². The highest BCUT2D eigenvalue weighted by Gasteiger charge is 2.17. The van der Waals surface area contributed by atoms with Crippen LogP contribution in [0.1, 0.15) is 25.6 Å². The normalized spacial score (nSPS) is 10.7. The molecule has 30 heavy (non-hydrogen) atoms. The number of aryl methyl sites for hydroxylation is 1. The fourth-order valence-electron chi connectivity index (χ4n) is 3.01. The molecule has 0 atom stereocenters. The number of nitrogens with one attached hydrogen (secondary N) is 2. The van der Waals surface area contributed by atoms with Gasteiger partial charge in [0.2, 0.25) is 0 Å². The molecule has 4 aromatic rings. The van der Waals surface area contributed by atoms with Crippen molar-refractivity contribution in [1.82, 2.24) is 0 Å². The Morgan fingerprint density at radius 3 is 2.43 bits per heavy atom. The molecule has 5 nitrogen and oxygen atoms in total. The topological polar surface area (TPSA) is 78.4 Å². The van der Waals surface area contributed by atoms with E-state index in [4.69, 9.17) is 0 Å². The van der Waals surface area contributed by atoms with Gasteiger partial charge in [-0.3, -0.25) is 9.59 Å². The molecule has 0 aliphatic carbocycles. The molecular formula is C23H17FN2O3S. The Balaban J connectivity index is 1.59. The van der Waals surface area contributed by atoms with Gasteiger partial charge < -0.3 is 15.7 Å². The second-order valence-electron chi connectivity index (χ2n) is 6.80. The fourth-order valence-corrected chi connectivity index (χ4v) is 3.95. The number of thiophene rings is 1. The van der Waals surface area contributed by atoms with Crippen molar-refractivity contribution in [2.45, 2.75) is 6.92 Å². The van der Waals surface area contributed by atoms with E-state index in [0.29, 0.717) is 21.8 Å². The number of carbonyl (C=O) groups is 2. The van der Waals surface area contributed by atoms with E-state index in [1.54, 1.807) is 42.5 Å². The molecule has 0 unspecified atom stereocenters. The first-order valence-corrected chi connectivity index (χ1v) is 9.92. The molecule has 3 N–H and O–H groups in total. The van der Waals surface area contributed by atoms with Crippen molar-refractivity contribution in [3.63, 3.8) is 0 Å². The highest BCUT2D eigenvalue weighted by Crippen LogP contribution is 2.29. The quantitative estimate of drug-likeness (QED) is 0.404. The lowest BCUT2D eigenvalue weighted by atomic mass is 10.1. The third kappa shape index (κ3) is 4.16. The van der Waals surface area contributed by atoms with Crippen molar-refractivity contribution >= 4 is 44.6 Å². The van der Waals surface area contributed by atoms with E-state index in [1.807, 2.05) is 6.92 Å². The van der Waals surface area contributed by atoms with E-state index in [0.717, 1.165) is 15.6 Å². The molecule has 0 radical (unpaired) electrons. The van der Waals surface area contributed by atoms with E-state index in [9.17, 15) is 19.1 Å². The summed E-state index contributed by atoms with van der Waals surface area (Å²) in [5, 5.41) is 15.9. The maximum Gasteiger partial charge on any atom is 0.265 e. The minimum atomic E-state index is -0.415. The van der Waals surface area contributed by atoms with E-state index < -0.39 is 11.7 Å². The number of benzene rings is 3. The van der Waals surface area contributed by atoms with Gasteiger partial charge in [0, 0.05) is 10.4 Å². The van der Waals surface area contributed by atoms with Crippen molar-refractivity contribution in [1.29, 1.82) is 0 Å². The molecule has 150 valence electrons. The molecule has 7 heteroatoms. The third-order valence-electron chi connectivity index (χ3n) is 4.49. The molecule has 4 rings (SSSR count). The number of aromatic hydroxyl groups is 1. The van der Waals surface area contributed by atoms with Gasteiger partial charge in [0.05, 0.1) is 16.1 Å². The number of anilines is 2. The number of hydrogen-bond acceptors (Lipinski definition) is 4. The van der Waals surface area contributed by atoms with Gasteiger partial charge in [0.25, 0.3) is 11.8 Å². The average molecular weight is 420 g/mol. The molecule has 3 aromatic carbocycles. The molecular weight excluding hydrogens is 403 g/mol. The van der Waals surface area contributed by atoms with Gasteiger partial charge in [0.15, 0.2) is 0 Å². The number of phenolic OH excluding ortho intramolecular Hbond substituents is 1. The average Bonchev–Trinajstić information content (AvgIpc) is 3.14. The number of rotatable bonds is 4. The number of halogens is 1. The molecule has 0 fully saturated rings. The van der Waals surface area contributed by atoms with Crippen LogP contribution in [0.2, 0.25) is 0 Å². The van der Waals surface area contributed by atoms with Crippen LogP contribution in [0.25, 0.3) is 10.1 Å². The van der Waals surface area contributed by atoms with Crippen molar-refractivity contribution in [3.8, 4) is 5.75 Å². The third-order valence-corrected chi connectivity index (χ3v) is 5.61. The maximum absolute atomic E-state index is 13.1. The zero-order chi connectivity index (χ0) is 21.3. The van der Waals surface area contributed by atoms with Crippen molar-refractivity contribution in [3.05, 3.63) is 88.6 Å². The Morgan fingerprint density at radius 1 is 0.900 bits per heavy atom. The summed E-state index contributed by atoms with van der Waals surface area (Å²) in [6, 6.07) is 17.2. The van der Waals surface area contributed by atoms with Crippen molar-refractivity contribution in [2.75, 3.05) is 10.6 Å². The van der Waals surface area contributed by atoms with E-state index in [-0.39, 0.29) is 11.7 Å². The van der Waals surface area contributed by atoms with Crippen LogP contribution in [0.15, 0.2) is 66.7 Å². The minimum absolute atomic E-state index is 0.130. The van der Waals surface area contributed by atoms with Crippen LogP contribution >= 0.6 is 11.3 Å². The van der Waals surface area contributed by atoms with Crippen LogP contribution in [0.5, 0.6) is 5.75 Å². The van der Waals surface area contributed by atoms with Crippen LogP contribution < -0.4 is 10.6 Å². The van der Waals surface area contributed by atoms with Crippen LogP contribution in [0, 0.1) is 12.7 Å². The summed E-state index contributed by atoms with van der Waals surface area (Å²) >= 11 is 1.30. The maximum atomic E-state index is 13.1. The smallest absolute Gasteiger partial charge is 0.265 e.